The van der Waals surface area contributed by atoms with Gasteiger partial charge in [-0.3, -0.25) is 24.6 Å². The van der Waals surface area contributed by atoms with Gasteiger partial charge in [-0.1, -0.05) is 0 Å². The van der Waals surface area contributed by atoms with Gasteiger partial charge in [0.15, 0.2) is 0 Å². The molecule has 0 bridgehead atoms. The number of carbonyl (C=O) groups is 2. The van der Waals surface area contributed by atoms with Crippen molar-refractivity contribution in [1.29, 1.82) is 0 Å². The van der Waals surface area contributed by atoms with Gasteiger partial charge in [0.25, 0.3) is 5.91 Å². The van der Waals surface area contributed by atoms with Gasteiger partial charge < -0.3 is 9.88 Å². The predicted octanol–water partition coefficient (Wildman–Crippen LogP) is 2.46. The van der Waals surface area contributed by atoms with Crippen LogP contribution in [0.15, 0.2) is 53.7 Å². The van der Waals surface area contributed by atoms with Gasteiger partial charge in [-0.15, -0.1) is 0 Å². The second kappa shape index (κ2) is 9.07. The van der Waals surface area contributed by atoms with Crippen molar-refractivity contribution in [2.24, 2.45) is 0 Å². The summed E-state index contributed by atoms with van der Waals surface area (Å²) in [4.78, 5) is 40.4. The summed E-state index contributed by atoms with van der Waals surface area (Å²) in [5.41, 5.74) is 1.85. The number of unbranched alkanes of at least 4 members (excludes halogenated alkanes) is 1. The maximum absolute atomic E-state index is 13.7. The number of hydrogen-bond acceptors (Lipinski definition) is 5. The molecule has 0 saturated heterocycles. The summed E-state index contributed by atoms with van der Waals surface area (Å²) < 4.78 is 15.4. The summed E-state index contributed by atoms with van der Waals surface area (Å²) in [5, 5.41) is 11.3. The van der Waals surface area contributed by atoms with E-state index in [0.717, 1.165) is 6.07 Å². The molecule has 8 nitrogen and oxygen atoms in total. The van der Waals surface area contributed by atoms with Crippen molar-refractivity contribution in [2.75, 3.05) is 5.32 Å². The number of aromatic nitrogens is 2. The Kier molecular flexibility index (Phi) is 6.30. The Labute approximate surface area is 165 Å². The first kappa shape index (κ1) is 20.2. The van der Waals surface area contributed by atoms with E-state index in [1.165, 1.54) is 30.7 Å². The Morgan fingerprint density at radius 3 is 2.62 bits per heavy atom. The normalized spacial score (nSPS) is 10.7. The van der Waals surface area contributed by atoms with Crippen molar-refractivity contribution in [1.82, 2.24) is 15.0 Å². The van der Waals surface area contributed by atoms with Gasteiger partial charge in [-0.05, 0) is 43.2 Å². The molecule has 1 aromatic carbocycles. The van der Waals surface area contributed by atoms with Gasteiger partial charge in [0, 0.05) is 42.6 Å². The summed E-state index contributed by atoms with van der Waals surface area (Å²) >= 11 is 0. The lowest BCUT2D eigenvalue weighted by molar-refractivity contribution is -0.129. The van der Waals surface area contributed by atoms with E-state index < -0.39 is 23.1 Å². The predicted molar refractivity (Wildman–Crippen MR) is 104 cm³/mol. The lowest BCUT2D eigenvalue weighted by atomic mass is 10.1. The Bertz CT molecular complexity index is 1100. The van der Waals surface area contributed by atoms with E-state index in [9.17, 15) is 18.8 Å². The lowest BCUT2D eigenvalue weighted by Gasteiger charge is -2.14. The van der Waals surface area contributed by atoms with E-state index in [4.69, 9.17) is 5.21 Å². The van der Waals surface area contributed by atoms with Gasteiger partial charge >= 0.3 is 0 Å². The number of carbonyl (C=O) groups excluding carboxylic acids is 2. The molecule has 0 unspecified atom stereocenters. The van der Waals surface area contributed by atoms with Gasteiger partial charge in [0.05, 0.1) is 5.52 Å². The van der Waals surface area contributed by atoms with E-state index in [2.05, 4.69) is 10.3 Å². The van der Waals surface area contributed by atoms with Crippen LogP contribution < -0.4 is 16.2 Å². The fourth-order valence-corrected chi connectivity index (χ4v) is 2.97. The number of hydroxylamine groups is 1. The van der Waals surface area contributed by atoms with Crippen LogP contribution in [0.25, 0.3) is 10.9 Å². The molecule has 0 saturated carbocycles. The Morgan fingerprint density at radius 2 is 1.90 bits per heavy atom. The third-order valence-corrected chi connectivity index (χ3v) is 4.40. The van der Waals surface area contributed by atoms with Crippen LogP contribution in [0.4, 0.5) is 10.1 Å². The number of nitrogens with zero attached hydrogens (tertiary/aromatic N) is 2. The molecule has 2 aromatic heterocycles. The summed E-state index contributed by atoms with van der Waals surface area (Å²) in [6.45, 7) is 0.399. The number of amides is 2. The van der Waals surface area contributed by atoms with E-state index in [0.29, 0.717) is 30.6 Å². The number of hydrogen-bond donors (Lipinski definition) is 3. The van der Waals surface area contributed by atoms with Crippen LogP contribution in [0.1, 0.15) is 29.6 Å². The highest BCUT2D eigenvalue weighted by molar-refractivity contribution is 6.05. The molecule has 9 heteroatoms. The Morgan fingerprint density at radius 1 is 1.14 bits per heavy atom. The van der Waals surface area contributed by atoms with Crippen LogP contribution in [0, 0.1) is 5.82 Å². The van der Waals surface area contributed by atoms with Crippen molar-refractivity contribution >= 4 is 28.4 Å². The van der Waals surface area contributed by atoms with Crippen molar-refractivity contribution < 1.29 is 19.2 Å². The second-order valence-electron chi connectivity index (χ2n) is 6.41. The molecule has 0 atom stereocenters. The molecule has 29 heavy (non-hydrogen) atoms. The van der Waals surface area contributed by atoms with Crippen LogP contribution in [0.3, 0.4) is 0 Å². The zero-order valence-corrected chi connectivity index (χ0v) is 15.4. The monoisotopic (exact) mass is 398 g/mol. The van der Waals surface area contributed by atoms with E-state index >= 15 is 0 Å². The average Bonchev–Trinajstić information content (AvgIpc) is 2.73. The van der Waals surface area contributed by atoms with Crippen LogP contribution >= 0.6 is 0 Å². The number of rotatable bonds is 7. The highest BCUT2D eigenvalue weighted by Gasteiger charge is 2.16. The van der Waals surface area contributed by atoms with E-state index in [1.807, 2.05) is 0 Å². The third-order valence-electron chi connectivity index (χ3n) is 4.40. The Balaban J connectivity index is 1.92. The van der Waals surface area contributed by atoms with Gasteiger partial charge in [0.2, 0.25) is 11.3 Å². The number of anilines is 1. The molecule has 3 N–H and O–H groups in total. The average molecular weight is 398 g/mol. The molecule has 2 amide bonds. The quantitative estimate of drug-likeness (QED) is 0.321. The summed E-state index contributed by atoms with van der Waals surface area (Å²) in [7, 11) is 0. The van der Waals surface area contributed by atoms with Crippen molar-refractivity contribution in [3.63, 3.8) is 0 Å². The number of pyridine rings is 2. The second-order valence-corrected chi connectivity index (χ2v) is 6.41. The van der Waals surface area contributed by atoms with Crippen LogP contribution in [-0.4, -0.2) is 26.6 Å². The lowest BCUT2D eigenvalue weighted by Crippen LogP contribution is -2.24. The largest absolute Gasteiger partial charge is 0.346 e. The zero-order chi connectivity index (χ0) is 20.8. The first-order chi connectivity index (χ1) is 14.0. The van der Waals surface area contributed by atoms with Gasteiger partial charge in [0.1, 0.15) is 11.4 Å². The topological polar surface area (TPSA) is 113 Å². The van der Waals surface area contributed by atoms with Crippen LogP contribution in [0.5, 0.6) is 0 Å². The standard InChI is InChI=1S/C20H19FN4O4/c21-13-4-5-17-15(11-13)19(27)16(20(28)23-14-6-8-22-9-7-14)12-25(17)10-2-1-3-18(26)24-29/h4-9,11-12,29H,1-3,10H2,(H,24,26)(H,22,23,28). The zero-order valence-electron chi connectivity index (χ0n) is 15.4. The highest BCUT2D eigenvalue weighted by Crippen LogP contribution is 2.16. The summed E-state index contributed by atoms with van der Waals surface area (Å²) in [6.07, 6.45) is 5.62. The molecular weight excluding hydrogens is 379 g/mol. The first-order valence-corrected chi connectivity index (χ1v) is 8.96. The smallest absolute Gasteiger partial charge is 0.261 e. The fraction of sp³-hybridized carbons (Fsp3) is 0.200. The molecule has 2 heterocycles. The number of fused-ring (bicyclic) bond motifs is 1. The van der Waals surface area contributed by atoms with Crippen molar-refractivity contribution in [3.8, 4) is 0 Å². The van der Waals surface area contributed by atoms with Gasteiger partial charge in [-0.25, -0.2) is 9.87 Å². The molecule has 0 aliphatic heterocycles. The SMILES string of the molecule is O=C(CCCCn1cc(C(=O)Nc2ccncc2)c(=O)c2cc(F)ccc21)NO. The molecule has 0 radical (unpaired) electrons. The van der Waals surface area contributed by atoms with E-state index in [1.54, 1.807) is 22.2 Å². The van der Waals surface area contributed by atoms with E-state index in [-0.39, 0.29) is 17.4 Å². The molecule has 0 aliphatic carbocycles. The minimum atomic E-state index is -0.610. The fourth-order valence-electron chi connectivity index (χ4n) is 2.97. The minimum absolute atomic E-state index is 0.0977. The minimum Gasteiger partial charge on any atom is -0.346 e. The number of nitrogens with one attached hydrogen (secondary N) is 2. The molecule has 3 rings (SSSR count). The first-order valence-electron chi connectivity index (χ1n) is 8.96. The molecular formula is C20H19FN4O4. The summed E-state index contributed by atoms with van der Waals surface area (Å²) in [5.74, 6) is -1.68. The molecule has 0 fully saturated rings. The highest BCUT2D eigenvalue weighted by atomic mass is 19.1. The molecule has 150 valence electrons. The maximum atomic E-state index is 13.7. The number of benzene rings is 1. The molecule has 0 aliphatic rings. The third kappa shape index (κ3) is 4.82. The van der Waals surface area contributed by atoms with Crippen molar-refractivity contribution in [2.45, 2.75) is 25.8 Å². The summed E-state index contributed by atoms with van der Waals surface area (Å²) in [6, 6.07) is 7.01. The van der Waals surface area contributed by atoms with Crippen LogP contribution in [-0.2, 0) is 11.3 Å². The number of halogens is 1. The maximum Gasteiger partial charge on any atom is 0.261 e. The van der Waals surface area contributed by atoms with Gasteiger partial charge in [-0.2, -0.15) is 0 Å². The molecule has 0 spiro atoms. The molecule has 3 aromatic rings. The Hall–Kier alpha value is -3.59. The van der Waals surface area contributed by atoms with Crippen molar-refractivity contribution in [3.05, 3.63) is 70.5 Å². The number of aryl methyl sites for hydroxylation is 1. The van der Waals surface area contributed by atoms with Crippen LogP contribution in [0.2, 0.25) is 0 Å².